The van der Waals surface area contributed by atoms with Crippen LogP contribution in [0.1, 0.15) is 66.0 Å². The number of amides is 2. The third kappa shape index (κ3) is 17.6. The Morgan fingerprint density at radius 2 is 1.70 bits per heavy atom. The summed E-state index contributed by atoms with van der Waals surface area (Å²) in [6, 6.07) is 0. The van der Waals surface area contributed by atoms with Crippen molar-refractivity contribution >= 4 is 75.1 Å². The van der Waals surface area contributed by atoms with Crippen LogP contribution in [0.5, 0.6) is 0 Å². The highest BCUT2D eigenvalue weighted by molar-refractivity contribution is 8.13. The Bertz CT molecular complexity index is 2120. The number of rotatable bonds is 26. The molecule has 27 nitrogen and oxygen atoms in total. The van der Waals surface area contributed by atoms with Crippen molar-refractivity contribution in [1.29, 1.82) is 0 Å². The molecule has 3 unspecified atom stereocenters. The molecule has 12 N–H and O–H groups in total. The van der Waals surface area contributed by atoms with Crippen molar-refractivity contribution < 1.29 is 95.5 Å². The van der Waals surface area contributed by atoms with E-state index in [2.05, 4.69) is 34.4 Å². The summed E-state index contributed by atoms with van der Waals surface area (Å²) < 4.78 is 62.2. The number of thioether (sulfide) groups is 1. The first-order valence-electron chi connectivity index (χ1n) is 18.7. The maximum Gasteiger partial charge on any atom is 0.481 e. The van der Waals surface area contributed by atoms with Crippen molar-refractivity contribution in [1.82, 2.24) is 30.2 Å². The van der Waals surface area contributed by atoms with E-state index >= 15 is 0 Å². The van der Waals surface area contributed by atoms with Gasteiger partial charge in [0.05, 0.1) is 31.6 Å². The number of ether oxygens (including phenoxy) is 1. The molecule has 0 aliphatic carbocycles. The van der Waals surface area contributed by atoms with Crippen molar-refractivity contribution in [2.75, 3.05) is 37.8 Å². The van der Waals surface area contributed by atoms with Crippen molar-refractivity contribution in [3.05, 3.63) is 24.3 Å². The Balaban J connectivity index is 1.45. The SMILES string of the molecule is CC(C)=CCCC(O)(CC(=O)O)CC(=O)SCCNC(=O)CCNC(=O)[C@H](O)C(C)(C)COP(=O)(O)OP(=O)(O)OC[C@H]1O[C@@H](n2cnc3c(N)ncnc32)[C@H](O)[C@@H]1OP(=O)(O)O. The lowest BCUT2D eigenvalue weighted by Crippen LogP contribution is -2.46. The second-order valence-electron chi connectivity index (χ2n) is 15.1. The normalized spacial score (nSPS) is 21.4. The lowest BCUT2D eigenvalue weighted by Gasteiger charge is -2.30. The van der Waals surface area contributed by atoms with Gasteiger partial charge in [0, 0.05) is 37.1 Å². The van der Waals surface area contributed by atoms with E-state index in [4.69, 9.17) is 24.6 Å². The molecule has 1 aliphatic heterocycles. The number of carbonyl (C=O) groups is 4. The molecule has 0 bridgehead atoms. The molecule has 8 atom stereocenters. The fraction of sp³-hybridized carbons (Fsp3) is 0.656. The van der Waals surface area contributed by atoms with Gasteiger partial charge in [-0.3, -0.25) is 37.3 Å². The molecule has 63 heavy (non-hydrogen) atoms. The zero-order valence-corrected chi connectivity index (χ0v) is 37.8. The largest absolute Gasteiger partial charge is 0.481 e. The summed E-state index contributed by atoms with van der Waals surface area (Å²) in [6.07, 6.45) is -5.95. The number of phosphoric acid groups is 3. The number of phosphoric ester groups is 3. The number of carboxylic acid groups (broad SMARTS) is 1. The average molecular weight is 980 g/mol. The second kappa shape index (κ2) is 22.8. The molecule has 1 fully saturated rings. The van der Waals surface area contributed by atoms with E-state index in [1.54, 1.807) is 0 Å². The topological polar surface area (TPSA) is 421 Å². The van der Waals surface area contributed by atoms with E-state index in [9.17, 15) is 67.8 Å². The lowest BCUT2D eigenvalue weighted by atomic mass is 9.87. The minimum atomic E-state index is -5.61. The fourth-order valence-corrected chi connectivity index (χ4v) is 9.40. The maximum atomic E-state index is 12.7. The number of nitrogens with one attached hydrogen (secondary N) is 2. The number of nitrogens with zero attached hydrogens (tertiary/aromatic N) is 4. The Morgan fingerprint density at radius 1 is 1.03 bits per heavy atom. The summed E-state index contributed by atoms with van der Waals surface area (Å²) in [6.45, 7) is 3.76. The molecule has 0 aromatic carbocycles. The van der Waals surface area contributed by atoms with Gasteiger partial charge in [0.25, 0.3) is 0 Å². The molecule has 0 radical (unpaired) electrons. The number of aliphatic carboxylic acids is 1. The molecule has 3 rings (SSSR count). The standard InChI is InChI=1S/C32H52N7O20P3S/c1-18(2)6-5-8-32(47,12-21(41)42)13-22(43)63-11-10-34-20(40)7-9-35-29(46)26(45)31(3,4)15-56-62(53,54)59-61(51,52)55-14-19-25(58-60(48,49)50)24(44)30(57-19)39-17-38-23-27(33)36-16-37-28(23)39/h6,16-17,19,24-26,30,44-45,47H,5,7-15H2,1-4H3,(H,34,40)(H,35,46)(H,41,42)(H,51,52)(H,53,54)(H2,33,36,37)(H2,48,49,50)/t19-,24-,25-,26+,30-,32?/m1/s1. The zero-order valence-electron chi connectivity index (χ0n) is 34.3. The molecule has 3 heterocycles. The molecule has 2 aromatic heterocycles. The lowest BCUT2D eigenvalue weighted by molar-refractivity contribution is -0.143. The number of aliphatic hydroxyl groups excluding tert-OH is 2. The summed E-state index contributed by atoms with van der Waals surface area (Å²) in [5, 5.41) is 45.7. The average Bonchev–Trinajstić information content (AvgIpc) is 3.70. The Morgan fingerprint density at radius 3 is 2.33 bits per heavy atom. The third-order valence-electron chi connectivity index (χ3n) is 8.88. The van der Waals surface area contributed by atoms with Gasteiger partial charge in [-0.2, -0.15) is 4.31 Å². The van der Waals surface area contributed by atoms with Crippen molar-refractivity contribution in [2.45, 2.75) is 96.0 Å². The molecule has 1 aliphatic rings. The number of imidazole rings is 1. The number of aromatic nitrogens is 4. The van der Waals surface area contributed by atoms with Crippen LogP contribution in [-0.2, 0) is 55.5 Å². The van der Waals surface area contributed by atoms with Crippen LogP contribution in [0.4, 0.5) is 5.82 Å². The third-order valence-corrected chi connectivity index (χ3v) is 12.9. The number of hydrogen-bond acceptors (Lipinski definition) is 20. The first kappa shape index (κ1) is 54.1. The van der Waals surface area contributed by atoms with E-state index in [1.807, 2.05) is 19.9 Å². The predicted molar refractivity (Wildman–Crippen MR) is 218 cm³/mol. The van der Waals surface area contributed by atoms with E-state index < -0.39 is 114 Å². The van der Waals surface area contributed by atoms with Crippen LogP contribution in [0.15, 0.2) is 24.3 Å². The van der Waals surface area contributed by atoms with E-state index in [0.717, 1.165) is 34.6 Å². The molecule has 356 valence electrons. The van der Waals surface area contributed by atoms with E-state index in [-0.39, 0.29) is 48.7 Å². The summed E-state index contributed by atoms with van der Waals surface area (Å²) >= 11 is 0.796. The molecular formula is C32H52N7O20P3S. The van der Waals surface area contributed by atoms with Gasteiger partial charge in [0.2, 0.25) is 11.8 Å². The molecule has 2 aromatic rings. The number of aliphatic hydroxyl groups is 3. The highest BCUT2D eigenvalue weighted by Gasteiger charge is 2.50. The number of nitrogens with two attached hydrogens (primary N) is 1. The number of hydrogen-bond donors (Lipinski definition) is 11. The molecule has 2 amide bonds. The molecule has 1 saturated heterocycles. The smallest absolute Gasteiger partial charge is 0.481 e. The minimum absolute atomic E-state index is 0.0141. The van der Waals surface area contributed by atoms with Gasteiger partial charge in [0.15, 0.2) is 22.8 Å². The van der Waals surface area contributed by atoms with Gasteiger partial charge in [-0.1, -0.05) is 37.3 Å². The van der Waals surface area contributed by atoms with Gasteiger partial charge in [-0.05, 0) is 26.7 Å². The number of nitrogen functional groups attached to an aromatic ring is 1. The highest BCUT2D eigenvalue weighted by atomic mass is 32.2. The Labute approximate surface area is 363 Å². The van der Waals surface area contributed by atoms with Crippen LogP contribution in [0.3, 0.4) is 0 Å². The van der Waals surface area contributed by atoms with Gasteiger partial charge >= 0.3 is 29.4 Å². The van der Waals surface area contributed by atoms with Crippen LogP contribution >= 0.6 is 35.2 Å². The number of fused-ring (bicyclic) bond motifs is 1. The molecular weight excluding hydrogens is 927 g/mol. The van der Waals surface area contributed by atoms with Crippen LogP contribution in [0.2, 0.25) is 0 Å². The summed E-state index contributed by atoms with van der Waals surface area (Å²) in [5.74, 6) is -2.80. The van der Waals surface area contributed by atoms with Crippen molar-refractivity contribution in [2.24, 2.45) is 5.41 Å². The minimum Gasteiger partial charge on any atom is -0.481 e. The summed E-state index contributed by atoms with van der Waals surface area (Å²) in [5.41, 5.74) is 3.41. The van der Waals surface area contributed by atoms with E-state index in [1.165, 1.54) is 13.8 Å². The Kier molecular flexibility index (Phi) is 19.5. The van der Waals surface area contributed by atoms with Gasteiger partial charge < -0.3 is 61.1 Å². The second-order valence-corrected chi connectivity index (χ2v) is 20.5. The number of anilines is 1. The van der Waals surface area contributed by atoms with Crippen LogP contribution < -0.4 is 16.4 Å². The highest BCUT2D eigenvalue weighted by Crippen LogP contribution is 2.61. The van der Waals surface area contributed by atoms with Crippen LogP contribution in [0.25, 0.3) is 11.2 Å². The number of carbonyl (C=O) groups excluding carboxylic acids is 3. The molecule has 0 spiro atoms. The first-order valence-corrected chi connectivity index (χ1v) is 24.2. The van der Waals surface area contributed by atoms with Gasteiger partial charge in [-0.15, -0.1) is 0 Å². The monoisotopic (exact) mass is 979 g/mol. The van der Waals surface area contributed by atoms with Gasteiger partial charge in [0.1, 0.15) is 36.3 Å². The Hall–Kier alpha value is -3.27. The zero-order chi connectivity index (χ0) is 47.6. The van der Waals surface area contributed by atoms with Crippen LogP contribution in [0, 0.1) is 5.41 Å². The van der Waals surface area contributed by atoms with Gasteiger partial charge in [-0.25, -0.2) is 28.6 Å². The molecule has 31 heteroatoms. The number of carboxylic acids is 1. The van der Waals surface area contributed by atoms with Crippen molar-refractivity contribution in [3.8, 4) is 0 Å². The first-order chi connectivity index (χ1) is 29.0. The van der Waals surface area contributed by atoms with E-state index in [0.29, 0.717) is 6.42 Å². The summed E-state index contributed by atoms with van der Waals surface area (Å²) in [4.78, 5) is 99.6. The fourth-order valence-electron chi connectivity index (χ4n) is 5.77. The summed E-state index contributed by atoms with van der Waals surface area (Å²) in [7, 11) is -16.5. The van der Waals surface area contributed by atoms with Crippen LogP contribution in [-0.4, -0.2) is 144 Å². The maximum absolute atomic E-state index is 12.7. The quantitative estimate of drug-likeness (QED) is 0.0336. The molecule has 0 saturated carbocycles. The van der Waals surface area contributed by atoms with Crippen molar-refractivity contribution in [3.63, 3.8) is 0 Å². The number of allylic oxidation sites excluding steroid dienone is 2. The predicted octanol–water partition coefficient (Wildman–Crippen LogP) is 0.00700.